The lowest BCUT2D eigenvalue weighted by Crippen LogP contribution is -1.99. The van der Waals surface area contributed by atoms with Crippen LogP contribution in [0.5, 0.6) is 0 Å². The lowest BCUT2D eigenvalue weighted by Gasteiger charge is -2.12. The summed E-state index contributed by atoms with van der Waals surface area (Å²) in [5.74, 6) is 0. The fraction of sp³-hybridized carbons (Fsp3) is 0.294. The highest BCUT2D eigenvalue weighted by Crippen LogP contribution is 2.24. The molecule has 0 aliphatic heterocycles. The van der Waals surface area contributed by atoms with E-state index in [1.165, 1.54) is 18.4 Å². The van der Waals surface area contributed by atoms with E-state index in [4.69, 9.17) is 0 Å². The molecule has 0 spiro atoms. The minimum Gasteiger partial charge on any atom is -0.384 e. The molecule has 100 valence electrons. The lowest BCUT2D eigenvalue weighted by atomic mass is 9.99. The number of hydrogen-bond acceptors (Lipinski definition) is 1. The first-order valence-electron chi connectivity index (χ1n) is 6.73. The molecule has 0 heterocycles. The fourth-order valence-corrected chi connectivity index (χ4v) is 2.35. The summed E-state index contributed by atoms with van der Waals surface area (Å²) in [6.45, 7) is 2.20. The Kier molecular flexibility index (Phi) is 5.17. The van der Waals surface area contributed by atoms with Gasteiger partial charge in [0.15, 0.2) is 0 Å². The van der Waals surface area contributed by atoms with E-state index in [-0.39, 0.29) is 0 Å². The van der Waals surface area contributed by atoms with E-state index in [2.05, 4.69) is 35.0 Å². The van der Waals surface area contributed by atoms with Crippen LogP contribution in [0.15, 0.2) is 53.0 Å². The quantitative estimate of drug-likeness (QED) is 0.833. The maximum Gasteiger partial charge on any atom is 0.104 e. The first-order valence-corrected chi connectivity index (χ1v) is 7.52. The van der Waals surface area contributed by atoms with Crippen molar-refractivity contribution in [3.05, 3.63) is 69.7 Å². The van der Waals surface area contributed by atoms with Crippen molar-refractivity contribution in [3.8, 4) is 0 Å². The van der Waals surface area contributed by atoms with E-state index < -0.39 is 6.10 Å². The molecular formula is C17H19BrO. The minimum absolute atomic E-state index is 0.548. The summed E-state index contributed by atoms with van der Waals surface area (Å²) in [6.07, 6.45) is 3.00. The second-order valence-electron chi connectivity index (χ2n) is 4.80. The van der Waals surface area contributed by atoms with Gasteiger partial charge in [0.25, 0.3) is 0 Å². The van der Waals surface area contributed by atoms with Crippen LogP contribution in [0.3, 0.4) is 0 Å². The Morgan fingerprint density at radius 3 is 2.00 bits per heavy atom. The zero-order chi connectivity index (χ0) is 13.7. The summed E-state index contributed by atoms with van der Waals surface area (Å²) in [6, 6.07) is 16.1. The molecule has 2 heteroatoms. The number of aliphatic hydroxyl groups is 1. The molecule has 2 aromatic rings. The van der Waals surface area contributed by atoms with Crippen molar-refractivity contribution in [1.29, 1.82) is 0 Å². The van der Waals surface area contributed by atoms with E-state index >= 15 is 0 Å². The summed E-state index contributed by atoms with van der Waals surface area (Å²) in [5.41, 5.74) is 3.21. The molecule has 0 saturated heterocycles. The van der Waals surface area contributed by atoms with Crippen molar-refractivity contribution >= 4 is 15.9 Å². The maximum atomic E-state index is 10.3. The summed E-state index contributed by atoms with van der Waals surface area (Å²) >= 11 is 3.40. The Bertz CT molecular complexity index is 502. The van der Waals surface area contributed by atoms with Crippen LogP contribution in [-0.2, 0) is 6.42 Å². The first-order chi connectivity index (χ1) is 9.20. The van der Waals surface area contributed by atoms with Crippen molar-refractivity contribution < 1.29 is 5.11 Å². The number of rotatable bonds is 5. The van der Waals surface area contributed by atoms with Gasteiger partial charge in [0.2, 0.25) is 0 Å². The van der Waals surface area contributed by atoms with Crippen molar-refractivity contribution in [2.45, 2.75) is 32.3 Å². The molecule has 0 unspecified atom stereocenters. The van der Waals surface area contributed by atoms with Crippen LogP contribution in [0.4, 0.5) is 0 Å². The lowest BCUT2D eigenvalue weighted by molar-refractivity contribution is 0.220. The third-order valence-electron chi connectivity index (χ3n) is 3.30. The zero-order valence-electron chi connectivity index (χ0n) is 11.1. The van der Waals surface area contributed by atoms with E-state index in [1.807, 2.05) is 36.4 Å². The Morgan fingerprint density at radius 2 is 1.47 bits per heavy atom. The summed E-state index contributed by atoms with van der Waals surface area (Å²) in [4.78, 5) is 0. The van der Waals surface area contributed by atoms with Crippen LogP contribution >= 0.6 is 15.9 Å². The van der Waals surface area contributed by atoms with Gasteiger partial charge in [-0.2, -0.15) is 0 Å². The van der Waals surface area contributed by atoms with Gasteiger partial charge in [0.05, 0.1) is 0 Å². The van der Waals surface area contributed by atoms with Gasteiger partial charge in [0, 0.05) is 4.47 Å². The average Bonchev–Trinajstić information content (AvgIpc) is 2.46. The Balaban J connectivity index is 2.10. The standard InChI is InChI=1S/C17H19BrO/c1-2-3-4-13-5-7-14(8-6-13)17(19)15-9-11-16(18)12-10-15/h5-12,17,19H,2-4H2,1H3/t17-/m1/s1. The highest BCUT2D eigenvalue weighted by molar-refractivity contribution is 9.10. The number of halogens is 1. The van der Waals surface area contributed by atoms with Gasteiger partial charge < -0.3 is 5.11 Å². The monoisotopic (exact) mass is 318 g/mol. The van der Waals surface area contributed by atoms with Crippen LogP contribution in [0.2, 0.25) is 0 Å². The maximum absolute atomic E-state index is 10.3. The number of aryl methyl sites for hydroxylation is 1. The molecule has 0 radical (unpaired) electrons. The second kappa shape index (κ2) is 6.88. The highest BCUT2D eigenvalue weighted by Gasteiger charge is 2.09. The Morgan fingerprint density at radius 1 is 0.947 bits per heavy atom. The largest absolute Gasteiger partial charge is 0.384 e. The predicted molar refractivity (Wildman–Crippen MR) is 83.3 cm³/mol. The van der Waals surface area contributed by atoms with Crippen molar-refractivity contribution in [3.63, 3.8) is 0 Å². The molecule has 0 saturated carbocycles. The SMILES string of the molecule is CCCCc1ccc([C@@H](O)c2ccc(Br)cc2)cc1. The minimum atomic E-state index is -0.548. The van der Waals surface area contributed by atoms with Crippen molar-refractivity contribution in [1.82, 2.24) is 0 Å². The Labute approximate surface area is 123 Å². The van der Waals surface area contributed by atoms with Crippen LogP contribution in [0.25, 0.3) is 0 Å². The van der Waals surface area contributed by atoms with Crippen LogP contribution in [0.1, 0.15) is 42.6 Å². The van der Waals surface area contributed by atoms with Gasteiger partial charge in [-0.15, -0.1) is 0 Å². The Hall–Kier alpha value is -1.12. The normalized spacial score (nSPS) is 12.4. The second-order valence-corrected chi connectivity index (χ2v) is 5.71. The smallest absolute Gasteiger partial charge is 0.104 e. The molecule has 2 rings (SSSR count). The summed E-state index contributed by atoms with van der Waals surface area (Å²) in [5, 5.41) is 10.3. The molecule has 1 N–H and O–H groups in total. The molecule has 0 aliphatic rings. The molecule has 0 aliphatic carbocycles. The molecule has 0 fully saturated rings. The molecule has 0 bridgehead atoms. The molecule has 1 nitrogen and oxygen atoms in total. The number of hydrogen-bond donors (Lipinski definition) is 1. The molecule has 1 atom stereocenters. The molecule has 0 amide bonds. The van der Waals surface area contributed by atoms with Gasteiger partial charge >= 0.3 is 0 Å². The summed E-state index contributed by atoms with van der Waals surface area (Å²) in [7, 11) is 0. The van der Waals surface area contributed by atoms with Crippen LogP contribution < -0.4 is 0 Å². The van der Waals surface area contributed by atoms with Gasteiger partial charge in [-0.3, -0.25) is 0 Å². The topological polar surface area (TPSA) is 20.2 Å². The molecule has 0 aromatic heterocycles. The number of benzene rings is 2. The van der Waals surface area contributed by atoms with E-state index in [0.29, 0.717) is 0 Å². The molecule has 2 aromatic carbocycles. The third-order valence-corrected chi connectivity index (χ3v) is 3.83. The number of aliphatic hydroxyl groups excluding tert-OH is 1. The average molecular weight is 319 g/mol. The van der Waals surface area contributed by atoms with Crippen molar-refractivity contribution in [2.75, 3.05) is 0 Å². The predicted octanol–water partition coefficient (Wildman–Crippen LogP) is 4.87. The molecular weight excluding hydrogens is 300 g/mol. The van der Waals surface area contributed by atoms with Crippen LogP contribution in [-0.4, -0.2) is 5.11 Å². The van der Waals surface area contributed by atoms with E-state index in [1.54, 1.807) is 0 Å². The number of unbranched alkanes of at least 4 members (excludes halogenated alkanes) is 1. The molecule has 19 heavy (non-hydrogen) atoms. The van der Waals surface area contributed by atoms with Gasteiger partial charge in [0.1, 0.15) is 6.10 Å². The summed E-state index contributed by atoms with van der Waals surface area (Å²) < 4.78 is 1.03. The van der Waals surface area contributed by atoms with Gasteiger partial charge in [-0.25, -0.2) is 0 Å². The fourth-order valence-electron chi connectivity index (χ4n) is 2.09. The first kappa shape index (κ1) is 14.3. The van der Waals surface area contributed by atoms with Gasteiger partial charge in [-0.05, 0) is 41.7 Å². The third kappa shape index (κ3) is 3.92. The zero-order valence-corrected chi connectivity index (χ0v) is 12.7. The van der Waals surface area contributed by atoms with E-state index in [9.17, 15) is 5.11 Å². The van der Waals surface area contributed by atoms with Gasteiger partial charge in [-0.1, -0.05) is 65.7 Å². The van der Waals surface area contributed by atoms with Crippen LogP contribution in [0, 0.1) is 0 Å². The van der Waals surface area contributed by atoms with Crippen molar-refractivity contribution in [2.24, 2.45) is 0 Å². The highest BCUT2D eigenvalue weighted by atomic mass is 79.9. The van der Waals surface area contributed by atoms with E-state index in [0.717, 1.165) is 22.0 Å².